The Kier molecular flexibility index (Phi) is 7.38. The zero-order valence-corrected chi connectivity index (χ0v) is 23.8. The van der Waals surface area contributed by atoms with Gasteiger partial charge in [-0.1, -0.05) is 18.2 Å². The number of carbonyl (C=O) groups is 3. The Labute approximate surface area is 245 Å². The second-order valence-electron chi connectivity index (χ2n) is 11.8. The van der Waals surface area contributed by atoms with Gasteiger partial charge in [0.15, 0.2) is 11.4 Å². The summed E-state index contributed by atoms with van der Waals surface area (Å²) >= 11 is 0. The molecule has 11 nitrogen and oxygen atoms in total. The van der Waals surface area contributed by atoms with E-state index in [1.807, 2.05) is 0 Å². The molecule has 0 heterocycles. The van der Waals surface area contributed by atoms with Crippen molar-refractivity contribution in [1.29, 1.82) is 0 Å². The minimum Gasteiger partial charge on any atom is -0.511 e. The molecule has 0 aliphatic heterocycles. The molecule has 0 aromatic heterocycles. The number of nitrogens with one attached hydrogen (secondary N) is 1. The number of ether oxygens (including phenoxy) is 1. The lowest BCUT2D eigenvalue weighted by Crippen LogP contribution is -2.57. The Morgan fingerprint density at radius 1 is 1.23 bits per heavy atom. The van der Waals surface area contributed by atoms with E-state index < -0.39 is 70.0 Å². The fourth-order valence-electron chi connectivity index (χ4n) is 6.57. The van der Waals surface area contributed by atoms with Crippen molar-refractivity contribution < 1.29 is 48.3 Å². The molecule has 0 fully saturated rings. The number of nitrogens with zero attached hydrogens (tertiary/aromatic N) is 1. The van der Waals surface area contributed by atoms with Gasteiger partial charge in [0.25, 0.3) is 5.91 Å². The van der Waals surface area contributed by atoms with Crippen molar-refractivity contribution in [3.05, 3.63) is 63.7 Å². The van der Waals surface area contributed by atoms with Crippen molar-refractivity contribution >= 4 is 28.8 Å². The van der Waals surface area contributed by atoms with E-state index in [1.165, 1.54) is 13.0 Å². The largest absolute Gasteiger partial charge is 0.511 e. The number of aliphatic hydroxyl groups excluding tert-OH is 2. The number of allylic oxidation sites excluding steroid dienone is 2. The van der Waals surface area contributed by atoms with E-state index in [-0.39, 0.29) is 49.1 Å². The summed E-state index contributed by atoms with van der Waals surface area (Å²) in [6.45, 7) is -1.21. The number of amides is 1. The number of alkyl halides is 2. The van der Waals surface area contributed by atoms with Crippen molar-refractivity contribution in [2.75, 3.05) is 30.9 Å². The van der Waals surface area contributed by atoms with Crippen LogP contribution in [-0.2, 0) is 20.7 Å². The normalized spacial score (nSPS) is 28.4. The third-order valence-electron chi connectivity index (χ3n) is 8.78. The molecule has 1 amide bonds. The maximum absolute atomic E-state index is 14.0. The first kappa shape index (κ1) is 30.2. The zero-order chi connectivity index (χ0) is 31.6. The van der Waals surface area contributed by atoms with Crippen LogP contribution in [0, 0.1) is 11.8 Å². The number of nitrogens with two attached hydrogens (primary N) is 1. The molecule has 13 heteroatoms. The van der Waals surface area contributed by atoms with Crippen LogP contribution < -0.4 is 16.0 Å². The highest BCUT2D eigenvalue weighted by molar-refractivity contribution is 6.24. The predicted molar refractivity (Wildman–Crippen MR) is 151 cm³/mol. The molecule has 0 spiro atoms. The lowest BCUT2D eigenvalue weighted by Gasteiger charge is -2.46. The Balaban J connectivity index is 1.51. The number of anilines is 2. The minimum absolute atomic E-state index is 0.0330. The van der Waals surface area contributed by atoms with E-state index in [0.29, 0.717) is 11.3 Å². The molecule has 4 aliphatic rings. The molecule has 1 aromatic carbocycles. The fraction of sp³-hybridized carbons (Fsp3) is 0.433. The van der Waals surface area contributed by atoms with Crippen LogP contribution >= 0.6 is 0 Å². The summed E-state index contributed by atoms with van der Waals surface area (Å²) in [5.74, 6) is -6.92. The Morgan fingerprint density at radius 3 is 2.51 bits per heavy atom. The number of aliphatic hydroxyl groups is 3. The monoisotopic (exact) mass is 601 g/mol. The summed E-state index contributed by atoms with van der Waals surface area (Å²) < 4.78 is 30.1. The van der Waals surface area contributed by atoms with Crippen LogP contribution in [0.4, 0.5) is 20.2 Å². The van der Waals surface area contributed by atoms with Gasteiger partial charge in [-0.2, -0.15) is 8.78 Å². The predicted octanol–water partition coefficient (Wildman–Crippen LogP) is 2.94. The number of rotatable bonds is 7. The number of hydrogen-bond acceptors (Lipinski definition) is 10. The molecular formula is C30H33F2N3O8. The number of phenolic OH excluding ortho intramolecular Hbond substituents is 1. The van der Waals surface area contributed by atoms with E-state index in [2.05, 4.69) is 10.1 Å². The Bertz CT molecular complexity index is 1560. The van der Waals surface area contributed by atoms with Crippen LogP contribution in [0.2, 0.25) is 0 Å². The van der Waals surface area contributed by atoms with E-state index in [0.717, 1.165) is 5.57 Å². The average Bonchev–Trinajstić information content (AvgIpc) is 2.90. The number of benzene rings is 1. The van der Waals surface area contributed by atoms with Gasteiger partial charge in [-0.25, -0.2) is 0 Å². The van der Waals surface area contributed by atoms with E-state index in [9.17, 15) is 43.6 Å². The van der Waals surface area contributed by atoms with Crippen molar-refractivity contribution in [3.63, 3.8) is 0 Å². The first-order valence-electron chi connectivity index (χ1n) is 13.7. The molecule has 0 bridgehead atoms. The van der Waals surface area contributed by atoms with Crippen LogP contribution in [0.5, 0.6) is 5.75 Å². The highest BCUT2D eigenvalue weighted by Crippen LogP contribution is 2.53. The van der Waals surface area contributed by atoms with E-state index in [1.54, 1.807) is 37.2 Å². The highest BCUT2D eigenvalue weighted by Gasteiger charge is 2.59. The molecule has 43 heavy (non-hydrogen) atoms. The van der Waals surface area contributed by atoms with Gasteiger partial charge in [-0.05, 0) is 49.3 Å². The molecule has 4 aliphatic carbocycles. The van der Waals surface area contributed by atoms with Crippen LogP contribution in [0.15, 0.2) is 52.5 Å². The fourth-order valence-corrected chi connectivity index (χ4v) is 6.57. The summed E-state index contributed by atoms with van der Waals surface area (Å²) in [6.07, 6.45) is 4.98. The van der Waals surface area contributed by atoms with Gasteiger partial charge in [-0.3, -0.25) is 14.4 Å². The highest BCUT2D eigenvalue weighted by atomic mass is 19.3. The quantitative estimate of drug-likeness (QED) is 0.201. The Hall–Kier alpha value is -4.23. The van der Waals surface area contributed by atoms with E-state index >= 15 is 0 Å². The summed E-state index contributed by atoms with van der Waals surface area (Å²) in [5, 5.41) is 47.4. The van der Waals surface area contributed by atoms with Crippen molar-refractivity contribution in [2.45, 2.75) is 50.4 Å². The number of Topliss-reactive ketones (excluding diaryl/α,β-unsaturated/α-hetero) is 2. The van der Waals surface area contributed by atoms with E-state index in [4.69, 9.17) is 5.73 Å². The van der Waals surface area contributed by atoms with Gasteiger partial charge < -0.3 is 41.1 Å². The lowest BCUT2D eigenvalue weighted by molar-refractivity contribution is -0.185. The topological polar surface area (TPSA) is 183 Å². The molecule has 0 saturated heterocycles. The minimum atomic E-state index is -2.92. The number of ketones is 2. The third-order valence-corrected chi connectivity index (χ3v) is 8.78. The van der Waals surface area contributed by atoms with Gasteiger partial charge in [0.2, 0.25) is 5.78 Å². The molecule has 0 saturated carbocycles. The van der Waals surface area contributed by atoms with Gasteiger partial charge >= 0.3 is 6.61 Å². The molecule has 1 aromatic rings. The van der Waals surface area contributed by atoms with Gasteiger partial charge in [0, 0.05) is 44.2 Å². The number of fused-ring (bicyclic) bond motifs is 3. The smallest absolute Gasteiger partial charge is 0.346 e. The first-order valence-corrected chi connectivity index (χ1v) is 13.7. The second-order valence-corrected chi connectivity index (χ2v) is 11.8. The Morgan fingerprint density at radius 2 is 1.93 bits per heavy atom. The summed E-state index contributed by atoms with van der Waals surface area (Å²) in [7, 11) is 3.52. The molecule has 230 valence electrons. The molecule has 0 radical (unpaired) electrons. The zero-order valence-electron chi connectivity index (χ0n) is 23.8. The molecule has 4 atom stereocenters. The summed E-state index contributed by atoms with van der Waals surface area (Å²) in [5.41, 5.74) is 2.27. The second kappa shape index (κ2) is 10.5. The summed E-state index contributed by atoms with van der Waals surface area (Å²) in [4.78, 5) is 40.8. The number of primary amides is 1. The summed E-state index contributed by atoms with van der Waals surface area (Å²) in [6, 6.07) is 1.67. The lowest BCUT2D eigenvalue weighted by atomic mass is 9.60. The standard InChI is InChI=1S/C30H33F2N3O8/c1-29(43-28(31)32)6-4-13(5-7-29)12-34-17-11-18(35(2)3)16-9-14-8-15-10-19(36)22(27(33)41)26(40)30(15,42)25(39)20(14)24(38)21(16)23(17)37/h4-6,11,14-15,28,34,36-37,39,42H,7-10,12H2,1-3H3,(H2,33,41)/t14?,15-,29?,30-/m0/s1. The van der Waals surface area contributed by atoms with Gasteiger partial charge in [0.05, 0.1) is 16.9 Å². The van der Waals surface area contributed by atoms with Gasteiger partial charge in [0.1, 0.15) is 22.8 Å². The first-order chi connectivity index (χ1) is 20.1. The van der Waals surface area contributed by atoms with Gasteiger partial charge in [-0.15, -0.1) is 0 Å². The van der Waals surface area contributed by atoms with Crippen molar-refractivity contribution in [2.24, 2.45) is 17.6 Å². The van der Waals surface area contributed by atoms with Crippen molar-refractivity contribution in [1.82, 2.24) is 0 Å². The number of hydrogen-bond donors (Lipinski definition) is 6. The maximum atomic E-state index is 14.0. The van der Waals surface area contributed by atoms with Crippen LogP contribution in [-0.4, -0.2) is 76.4 Å². The van der Waals surface area contributed by atoms with Crippen LogP contribution in [0.25, 0.3) is 0 Å². The maximum Gasteiger partial charge on any atom is 0.346 e. The molecule has 2 unspecified atom stereocenters. The van der Waals surface area contributed by atoms with Crippen LogP contribution in [0.1, 0.15) is 42.1 Å². The number of halogens is 2. The number of phenols is 1. The van der Waals surface area contributed by atoms with Crippen molar-refractivity contribution in [3.8, 4) is 5.75 Å². The third kappa shape index (κ3) is 4.85. The SMILES string of the molecule is CN(C)c1cc(NCC2=CCC(C)(OC(F)F)C=C2)c(O)c2c1CC1C[C@H]3CC(O)=C(C(N)=O)C(=O)[C@@]3(O)C(O)=C1C2=O. The average molecular weight is 602 g/mol. The number of aromatic hydroxyl groups is 1. The molecule has 7 N–H and O–H groups in total. The van der Waals surface area contributed by atoms with Crippen LogP contribution in [0.3, 0.4) is 0 Å². The number of carbonyl (C=O) groups excluding carboxylic acids is 3. The molecule has 5 rings (SSSR count). The molecular weight excluding hydrogens is 568 g/mol.